The zero-order chi connectivity index (χ0) is 9.47. The molecule has 2 rings (SSSR count). The van der Waals surface area contributed by atoms with Gasteiger partial charge < -0.3 is 5.73 Å². The third-order valence-corrected chi connectivity index (χ3v) is 3.32. The number of hydrogen-bond donors (Lipinski definition) is 1. The first kappa shape index (κ1) is 9.16. The van der Waals surface area contributed by atoms with Crippen molar-refractivity contribution in [1.82, 2.24) is 0 Å². The van der Waals surface area contributed by atoms with Crippen molar-refractivity contribution >= 4 is 15.9 Å². The Bertz CT molecular complexity index is 340. The van der Waals surface area contributed by atoms with Crippen molar-refractivity contribution in [2.24, 2.45) is 5.73 Å². The summed E-state index contributed by atoms with van der Waals surface area (Å²) in [5, 5.41) is 0. The molecule has 0 aromatic heterocycles. The standard InChI is InChI=1S/C10H11BrFN/c11-8-3-1-2-7-4-5-10(12,6-13)9(7)8/h1-3H,4-6,13H2. The van der Waals surface area contributed by atoms with Gasteiger partial charge in [0.1, 0.15) is 5.67 Å². The SMILES string of the molecule is NCC1(F)CCc2cccc(Br)c21. The second kappa shape index (κ2) is 3.07. The van der Waals surface area contributed by atoms with E-state index in [0.717, 1.165) is 22.0 Å². The highest BCUT2D eigenvalue weighted by Crippen LogP contribution is 2.43. The molecule has 0 fully saturated rings. The molecule has 3 heteroatoms. The van der Waals surface area contributed by atoms with Gasteiger partial charge in [0, 0.05) is 16.6 Å². The average Bonchev–Trinajstić information content (AvgIpc) is 2.47. The molecule has 1 aliphatic carbocycles. The number of halogens is 2. The van der Waals surface area contributed by atoms with Crippen LogP contribution < -0.4 is 5.73 Å². The number of hydrogen-bond acceptors (Lipinski definition) is 1. The summed E-state index contributed by atoms with van der Waals surface area (Å²) < 4.78 is 15.0. The minimum Gasteiger partial charge on any atom is -0.327 e. The van der Waals surface area contributed by atoms with E-state index in [2.05, 4.69) is 15.9 Å². The van der Waals surface area contributed by atoms with E-state index >= 15 is 0 Å². The van der Waals surface area contributed by atoms with Crippen molar-refractivity contribution in [1.29, 1.82) is 0 Å². The number of rotatable bonds is 1. The highest BCUT2D eigenvalue weighted by atomic mass is 79.9. The molecule has 0 saturated carbocycles. The minimum absolute atomic E-state index is 0.0720. The molecule has 1 aromatic carbocycles. The average molecular weight is 244 g/mol. The Hall–Kier alpha value is -0.410. The van der Waals surface area contributed by atoms with E-state index in [9.17, 15) is 4.39 Å². The van der Waals surface area contributed by atoms with Gasteiger partial charge >= 0.3 is 0 Å². The molecule has 0 spiro atoms. The van der Waals surface area contributed by atoms with Gasteiger partial charge in [-0.3, -0.25) is 0 Å². The molecule has 1 nitrogen and oxygen atoms in total. The molecule has 0 saturated heterocycles. The lowest BCUT2D eigenvalue weighted by molar-refractivity contribution is 0.176. The van der Waals surface area contributed by atoms with Gasteiger partial charge in [-0.2, -0.15) is 0 Å². The van der Waals surface area contributed by atoms with Gasteiger partial charge in [-0.1, -0.05) is 28.1 Å². The van der Waals surface area contributed by atoms with Crippen LogP contribution in [0, 0.1) is 0 Å². The Labute approximate surface area is 85.3 Å². The third kappa shape index (κ3) is 1.30. The third-order valence-electron chi connectivity index (χ3n) is 2.66. The molecule has 1 aromatic rings. The summed E-state index contributed by atoms with van der Waals surface area (Å²) in [5.41, 5.74) is 5.99. The van der Waals surface area contributed by atoms with Crippen molar-refractivity contribution in [2.75, 3.05) is 6.54 Å². The molecule has 1 unspecified atom stereocenters. The molecular formula is C10H11BrFN. The minimum atomic E-state index is -1.31. The Balaban J connectivity index is 2.58. The molecule has 13 heavy (non-hydrogen) atoms. The van der Waals surface area contributed by atoms with E-state index in [-0.39, 0.29) is 6.54 Å². The van der Waals surface area contributed by atoms with Crippen LogP contribution in [0.1, 0.15) is 17.5 Å². The molecule has 1 atom stereocenters. The maximum absolute atomic E-state index is 14.1. The highest BCUT2D eigenvalue weighted by Gasteiger charge is 2.39. The van der Waals surface area contributed by atoms with E-state index in [1.165, 1.54) is 0 Å². The van der Waals surface area contributed by atoms with Crippen LogP contribution in [-0.4, -0.2) is 6.54 Å². The molecule has 1 aliphatic rings. The van der Waals surface area contributed by atoms with E-state index in [0.29, 0.717) is 6.42 Å². The first-order chi connectivity index (χ1) is 6.17. The molecule has 0 radical (unpaired) electrons. The number of aryl methyl sites for hydroxylation is 1. The summed E-state index contributed by atoms with van der Waals surface area (Å²) in [4.78, 5) is 0. The fraction of sp³-hybridized carbons (Fsp3) is 0.400. The van der Waals surface area contributed by atoms with Crippen LogP contribution in [0.5, 0.6) is 0 Å². The molecule has 70 valence electrons. The summed E-state index contributed by atoms with van der Waals surface area (Å²) in [6.45, 7) is 0.0720. The predicted molar refractivity (Wildman–Crippen MR) is 54.3 cm³/mol. The van der Waals surface area contributed by atoms with Gasteiger partial charge in [0.15, 0.2) is 0 Å². The maximum Gasteiger partial charge on any atom is 0.149 e. The van der Waals surface area contributed by atoms with Crippen molar-refractivity contribution in [3.8, 4) is 0 Å². The molecule has 0 aliphatic heterocycles. The Kier molecular flexibility index (Phi) is 2.16. The Morgan fingerprint density at radius 2 is 2.31 bits per heavy atom. The molecule has 2 N–H and O–H groups in total. The molecule has 0 amide bonds. The summed E-state index contributed by atoms with van der Waals surface area (Å²) in [7, 11) is 0. The van der Waals surface area contributed by atoms with E-state index in [4.69, 9.17) is 5.73 Å². The topological polar surface area (TPSA) is 26.0 Å². The van der Waals surface area contributed by atoms with Crippen molar-refractivity contribution < 1.29 is 4.39 Å². The Morgan fingerprint density at radius 3 is 3.00 bits per heavy atom. The molecule has 0 heterocycles. The number of benzene rings is 1. The van der Waals surface area contributed by atoms with Gasteiger partial charge in [0.25, 0.3) is 0 Å². The fourth-order valence-corrected chi connectivity index (χ4v) is 2.70. The van der Waals surface area contributed by atoms with E-state index in [1.807, 2.05) is 18.2 Å². The van der Waals surface area contributed by atoms with Crippen molar-refractivity contribution in [3.63, 3.8) is 0 Å². The molecule has 0 bridgehead atoms. The second-order valence-corrected chi connectivity index (χ2v) is 4.30. The lowest BCUT2D eigenvalue weighted by atomic mass is 9.98. The monoisotopic (exact) mass is 243 g/mol. The number of fused-ring (bicyclic) bond motifs is 1. The van der Waals surface area contributed by atoms with Crippen LogP contribution >= 0.6 is 15.9 Å². The summed E-state index contributed by atoms with van der Waals surface area (Å²) in [5.74, 6) is 0. The summed E-state index contributed by atoms with van der Waals surface area (Å²) in [6.07, 6.45) is 1.31. The van der Waals surface area contributed by atoms with Gasteiger partial charge in [-0.15, -0.1) is 0 Å². The highest BCUT2D eigenvalue weighted by molar-refractivity contribution is 9.10. The first-order valence-electron chi connectivity index (χ1n) is 4.34. The van der Waals surface area contributed by atoms with Crippen LogP contribution in [-0.2, 0) is 12.1 Å². The van der Waals surface area contributed by atoms with Crippen molar-refractivity contribution in [2.45, 2.75) is 18.5 Å². The van der Waals surface area contributed by atoms with Gasteiger partial charge in [0.2, 0.25) is 0 Å². The largest absolute Gasteiger partial charge is 0.327 e. The normalized spacial score (nSPS) is 26.1. The van der Waals surface area contributed by atoms with Gasteiger partial charge in [-0.05, 0) is 24.5 Å². The van der Waals surface area contributed by atoms with Crippen LogP contribution in [0.25, 0.3) is 0 Å². The number of nitrogens with two attached hydrogens (primary N) is 1. The van der Waals surface area contributed by atoms with Crippen LogP contribution in [0.15, 0.2) is 22.7 Å². The maximum atomic E-state index is 14.1. The van der Waals surface area contributed by atoms with Crippen LogP contribution in [0.3, 0.4) is 0 Å². The molecular weight excluding hydrogens is 233 g/mol. The summed E-state index contributed by atoms with van der Waals surface area (Å²) in [6, 6.07) is 5.77. The quantitative estimate of drug-likeness (QED) is 0.807. The van der Waals surface area contributed by atoms with Gasteiger partial charge in [0.05, 0.1) is 0 Å². The van der Waals surface area contributed by atoms with E-state index in [1.54, 1.807) is 0 Å². The lowest BCUT2D eigenvalue weighted by Crippen LogP contribution is -2.27. The smallest absolute Gasteiger partial charge is 0.149 e. The van der Waals surface area contributed by atoms with Gasteiger partial charge in [-0.25, -0.2) is 4.39 Å². The van der Waals surface area contributed by atoms with Crippen molar-refractivity contribution in [3.05, 3.63) is 33.8 Å². The zero-order valence-corrected chi connectivity index (χ0v) is 8.77. The van der Waals surface area contributed by atoms with Crippen LogP contribution in [0.2, 0.25) is 0 Å². The van der Waals surface area contributed by atoms with E-state index < -0.39 is 5.67 Å². The van der Waals surface area contributed by atoms with Crippen LogP contribution in [0.4, 0.5) is 4.39 Å². The lowest BCUT2D eigenvalue weighted by Gasteiger charge is -2.19. The number of alkyl halides is 1. The summed E-state index contributed by atoms with van der Waals surface area (Å²) >= 11 is 3.37. The Morgan fingerprint density at radius 1 is 1.54 bits per heavy atom. The first-order valence-corrected chi connectivity index (χ1v) is 5.13. The zero-order valence-electron chi connectivity index (χ0n) is 7.19. The second-order valence-electron chi connectivity index (χ2n) is 3.44. The fourth-order valence-electron chi connectivity index (χ4n) is 1.94. The predicted octanol–water partition coefficient (Wildman–Crippen LogP) is 2.52.